The molecule has 2 unspecified atom stereocenters. The second-order valence-corrected chi connectivity index (χ2v) is 12.3. The van der Waals surface area contributed by atoms with E-state index in [2.05, 4.69) is 10.5 Å². The molecule has 1 aromatic heterocycles. The van der Waals surface area contributed by atoms with Crippen LogP contribution in [0.4, 0.5) is 0 Å². The molecule has 6 aliphatic carbocycles. The van der Waals surface area contributed by atoms with Crippen LogP contribution in [0.3, 0.4) is 0 Å². The second kappa shape index (κ2) is 7.39. The number of aliphatic hydroxyl groups is 1. The lowest BCUT2D eigenvalue weighted by atomic mass is 9.52. The summed E-state index contributed by atoms with van der Waals surface area (Å²) >= 11 is 1.68. The van der Waals surface area contributed by atoms with Gasteiger partial charge in [-0.3, -0.25) is 4.79 Å². The number of thioether (sulfide) groups is 1. The molecule has 7 nitrogen and oxygen atoms in total. The van der Waals surface area contributed by atoms with Gasteiger partial charge in [0.05, 0.1) is 11.1 Å². The fourth-order valence-corrected chi connectivity index (χ4v) is 8.07. The Kier molecular flexibility index (Phi) is 4.85. The van der Waals surface area contributed by atoms with E-state index in [0.717, 1.165) is 62.7 Å². The van der Waals surface area contributed by atoms with Crippen LogP contribution < -0.4 is 15.8 Å². The summed E-state index contributed by atoms with van der Waals surface area (Å²) in [5.74, 6) is 1.83. The third-order valence-electron chi connectivity index (χ3n) is 8.34. The lowest BCUT2D eigenvalue weighted by molar-refractivity contribution is -0.137. The average Bonchev–Trinajstić information content (AvgIpc) is 3.10. The number of carbonyl (C=O) groups excluding carboxylic acids is 1. The van der Waals surface area contributed by atoms with Crippen LogP contribution in [0.15, 0.2) is 9.42 Å². The minimum absolute atomic E-state index is 0.113. The van der Waals surface area contributed by atoms with Crippen molar-refractivity contribution >= 4 is 17.7 Å². The first kappa shape index (κ1) is 20.4. The molecule has 31 heavy (non-hydrogen) atoms. The highest BCUT2D eigenvalue weighted by Crippen LogP contribution is 2.55. The molecule has 2 atom stereocenters. The first-order valence-electron chi connectivity index (χ1n) is 12.0. The number of ether oxygens (including phenoxy) is 1. The molecule has 6 saturated carbocycles. The smallest absolute Gasteiger partial charge is 0.291 e. The van der Waals surface area contributed by atoms with E-state index in [9.17, 15) is 9.90 Å². The Balaban J connectivity index is 1.20. The maximum absolute atomic E-state index is 13.3. The van der Waals surface area contributed by atoms with Crippen molar-refractivity contribution in [3.05, 3.63) is 5.76 Å². The van der Waals surface area contributed by atoms with Gasteiger partial charge in [0.15, 0.2) is 0 Å². The van der Waals surface area contributed by atoms with E-state index in [-0.39, 0.29) is 23.2 Å². The molecule has 0 aliphatic heterocycles. The van der Waals surface area contributed by atoms with Crippen molar-refractivity contribution in [2.45, 2.75) is 98.0 Å². The van der Waals surface area contributed by atoms with Crippen molar-refractivity contribution in [2.24, 2.45) is 23.5 Å². The Labute approximate surface area is 187 Å². The Morgan fingerprint density at radius 2 is 1.94 bits per heavy atom. The fraction of sp³-hybridized carbons (Fsp3) is 0.826. The average molecular weight is 448 g/mol. The summed E-state index contributed by atoms with van der Waals surface area (Å²) in [5.41, 5.74) is 5.43. The summed E-state index contributed by atoms with van der Waals surface area (Å²) < 4.78 is 11.5. The summed E-state index contributed by atoms with van der Waals surface area (Å²) in [7, 11) is 0. The molecule has 6 fully saturated rings. The van der Waals surface area contributed by atoms with Gasteiger partial charge < -0.3 is 25.4 Å². The zero-order valence-corrected chi connectivity index (χ0v) is 18.8. The summed E-state index contributed by atoms with van der Waals surface area (Å²) in [6, 6.07) is 0.113. The van der Waals surface area contributed by atoms with Crippen molar-refractivity contribution in [3.8, 4) is 5.88 Å². The monoisotopic (exact) mass is 447 g/mol. The predicted molar refractivity (Wildman–Crippen MR) is 116 cm³/mol. The van der Waals surface area contributed by atoms with Gasteiger partial charge in [0.1, 0.15) is 11.5 Å². The molecule has 4 N–H and O–H groups in total. The Bertz CT molecular complexity index is 847. The largest absolute Gasteiger partial charge is 0.473 e. The van der Waals surface area contributed by atoms with Crippen molar-refractivity contribution in [2.75, 3.05) is 6.61 Å². The van der Waals surface area contributed by atoms with E-state index in [0.29, 0.717) is 35.5 Å². The van der Waals surface area contributed by atoms with Gasteiger partial charge in [-0.15, -0.1) is 11.8 Å². The van der Waals surface area contributed by atoms with Crippen LogP contribution in [0.2, 0.25) is 0 Å². The number of hydrogen-bond donors (Lipinski definition) is 3. The van der Waals surface area contributed by atoms with Gasteiger partial charge in [-0.2, -0.15) is 0 Å². The maximum atomic E-state index is 13.3. The number of aromatic nitrogens is 1. The van der Waals surface area contributed by atoms with Crippen molar-refractivity contribution in [1.29, 1.82) is 0 Å². The highest BCUT2D eigenvalue weighted by molar-refractivity contribution is 8.00. The van der Waals surface area contributed by atoms with Crippen molar-refractivity contribution < 1.29 is 19.2 Å². The normalized spacial score (nSPS) is 37.9. The third kappa shape index (κ3) is 3.89. The number of nitrogens with one attached hydrogen (secondary N) is 1. The molecule has 6 aliphatic rings. The molecule has 1 amide bonds. The molecule has 170 valence electrons. The molecule has 0 radical (unpaired) electrons. The minimum Gasteiger partial charge on any atom is -0.473 e. The highest BCUT2D eigenvalue weighted by Gasteiger charge is 2.55. The van der Waals surface area contributed by atoms with Gasteiger partial charge in [0.2, 0.25) is 5.76 Å². The van der Waals surface area contributed by atoms with E-state index in [1.54, 1.807) is 11.8 Å². The number of carbonyl (C=O) groups is 1. The Morgan fingerprint density at radius 1 is 1.23 bits per heavy atom. The van der Waals surface area contributed by atoms with E-state index in [1.165, 1.54) is 12.8 Å². The molecule has 1 heterocycles. The second-order valence-electron chi connectivity index (χ2n) is 11.0. The van der Waals surface area contributed by atoms with Crippen molar-refractivity contribution in [1.82, 2.24) is 10.5 Å². The molecule has 7 rings (SSSR count). The third-order valence-corrected chi connectivity index (χ3v) is 9.74. The molecule has 1 aromatic rings. The van der Waals surface area contributed by atoms with Crippen LogP contribution in [-0.4, -0.2) is 45.2 Å². The summed E-state index contributed by atoms with van der Waals surface area (Å²) in [5, 5.41) is 18.7. The SMILES string of the molecule is NC1(COc2noc(C(=O)NC3C4CC5CC3CC(O)(C5)C4)c2SC2CCCC2)CC1. The maximum Gasteiger partial charge on any atom is 0.291 e. The predicted octanol–water partition coefficient (Wildman–Crippen LogP) is 3.25. The van der Waals surface area contributed by atoms with Gasteiger partial charge in [-0.1, -0.05) is 12.8 Å². The topological polar surface area (TPSA) is 111 Å². The van der Waals surface area contributed by atoms with Crippen LogP contribution >= 0.6 is 11.8 Å². The van der Waals surface area contributed by atoms with E-state index >= 15 is 0 Å². The van der Waals surface area contributed by atoms with Crippen LogP contribution in [0.5, 0.6) is 5.88 Å². The van der Waals surface area contributed by atoms with Crippen LogP contribution in [0.1, 0.15) is 81.2 Å². The van der Waals surface area contributed by atoms with Crippen molar-refractivity contribution in [3.63, 3.8) is 0 Å². The number of hydrogen-bond acceptors (Lipinski definition) is 7. The van der Waals surface area contributed by atoms with E-state index in [1.807, 2.05) is 0 Å². The lowest BCUT2D eigenvalue weighted by Crippen LogP contribution is -2.61. The van der Waals surface area contributed by atoms with Gasteiger partial charge in [-0.05, 0) is 80.7 Å². The minimum atomic E-state index is -0.505. The zero-order valence-electron chi connectivity index (χ0n) is 18.0. The molecule has 0 aromatic carbocycles. The lowest BCUT2D eigenvalue weighted by Gasteiger charge is -2.58. The summed E-state index contributed by atoms with van der Waals surface area (Å²) in [6.07, 6.45) is 11.4. The highest BCUT2D eigenvalue weighted by atomic mass is 32.2. The number of nitrogens with zero attached hydrogens (tertiary/aromatic N) is 1. The molecule has 0 saturated heterocycles. The zero-order chi connectivity index (χ0) is 21.2. The van der Waals surface area contributed by atoms with Crippen LogP contribution in [0, 0.1) is 17.8 Å². The first-order valence-corrected chi connectivity index (χ1v) is 12.9. The first-order chi connectivity index (χ1) is 14.9. The summed E-state index contributed by atoms with van der Waals surface area (Å²) in [4.78, 5) is 14.1. The van der Waals surface area contributed by atoms with Gasteiger partial charge in [-0.25, -0.2) is 0 Å². The molecular weight excluding hydrogens is 414 g/mol. The standard InChI is InChI=1S/C23H33N3O4S/c24-22(5-6-22)12-29-21-19(31-16-3-1-2-4-16)18(30-26-21)20(27)25-17-14-7-13-8-15(17)11-23(28,9-13)10-14/h13-17,28H,1-12,24H2,(H,25,27). The van der Waals surface area contributed by atoms with E-state index in [4.69, 9.17) is 15.0 Å². The molecule has 0 spiro atoms. The molecular formula is C23H33N3O4S. The molecule has 8 heteroatoms. The Morgan fingerprint density at radius 3 is 2.58 bits per heavy atom. The Hall–Kier alpha value is -1.25. The quantitative estimate of drug-likeness (QED) is 0.588. The number of amides is 1. The van der Waals surface area contributed by atoms with Crippen LogP contribution in [-0.2, 0) is 0 Å². The summed E-state index contributed by atoms with van der Waals surface area (Å²) in [6.45, 7) is 0.408. The van der Waals surface area contributed by atoms with Gasteiger partial charge >= 0.3 is 0 Å². The fourth-order valence-electron chi connectivity index (χ4n) is 6.73. The number of nitrogens with two attached hydrogens (primary N) is 1. The van der Waals surface area contributed by atoms with Gasteiger partial charge in [0, 0.05) is 11.3 Å². The molecule has 4 bridgehead atoms. The van der Waals surface area contributed by atoms with E-state index < -0.39 is 5.60 Å². The number of rotatable bonds is 7. The van der Waals surface area contributed by atoms with Crippen LogP contribution in [0.25, 0.3) is 0 Å². The van der Waals surface area contributed by atoms with Gasteiger partial charge in [0.25, 0.3) is 11.8 Å².